The minimum absolute atomic E-state index is 0.00827. The van der Waals surface area contributed by atoms with Crippen molar-refractivity contribution in [3.05, 3.63) is 27.0 Å². The Balaban J connectivity index is 1.79. The van der Waals surface area contributed by atoms with Crippen LogP contribution >= 0.6 is 38.6 Å². The Hall–Kier alpha value is -0.760. The number of aromatic nitrogens is 1. The van der Waals surface area contributed by atoms with E-state index >= 15 is 0 Å². The molecule has 1 saturated heterocycles. The number of carbonyl (C=O) groups excluding carboxylic acids is 1. The molecule has 1 aliphatic rings. The second kappa shape index (κ2) is 5.32. The van der Waals surface area contributed by atoms with Crippen LogP contribution in [0.3, 0.4) is 0 Å². The van der Waals surface area contributed by atoms with E-state index in [4.69, 9.17) is 5.73 Å². The first-order chi connectivity index (χ1) is 9.13. The Labute approximate surface area is 127 Å². The minimum atomic E-state index is -0.00827. The van der Waals surface area contributed by atoms with Gasteiger partial charge >= 0.3 is 0 Å². The average Bonchev–Trinajstić information content (AvgIpc) is 3.07. The first-order valence-corrected chi connectivity index (χ1v) is 8.38. The Bertz CT molecular complexity index is 610. The Morgan fingerprint density at radius 1 is 1.53 bits per heavy atom. The van der Waals surface area contributed by atoms with E-state index in [0.29, 0.717) is 12.2 Å². The van der Waals surface area contributed by atoms with Crippen molar-refractivity contribution in [2.24, 2.45) is 5.73 Å². The van der Waals surface area contributed by atoms with Crippen LogP contribution in [0.1, 0.15) is 16.9 Å². The first-order valence-electron chi connectivity index (χ1n) is 5.89. The molecule has 2 aromatic rings. The van der Waals surface area contributed by atoms with Crippen molar-refractivity contribution < 1.29 is 4.79 Å². The number of amides is 1. The van der Waals surface area contributed by atoms with E-state index in [9.17, 15) is 4.79 Å². The van der Waals surface area contributed by atoms with Crippen molar-refractivity contribution in [2.45, 2.75) is 12.5 Å². The summed E-state index contributed by atoms with van der Waals surface area (Å²) in [6.07, 6.45) is 0.876. The molecule has 0 unspecified atom stereocenters. The van der Waals surface area contributed by atoms with Gasteiger partial charge in [0, 0.05) is 24.5 Å². The first kappa shape index (κ1) is 13.2. The third kappa shape index (κ3) is 2.74. The number of hydrogen-bond acceptors (Lipinski definition) is 5. The Morgan fingerprint density at radius 3 is 3.00 bits per heavy atom. The molecule has 1 aliphatic heterocycles. The van der Waals surface area contributed by atoms with Crippen LogP contribution in [0.2, 0.25) is 0 Å². The number of nitrogens with zero attached hydrogens (tertiary/aromatic N) is 2. The van der Waals surface area contributed by atoms with Crippen LogP contribution in [-0.2, 0) is 0 Å². The zero-order chi connectivity index (χ0) is 13.4. The SMILES string of the molecule is N[C@@H]1CCN(C(=O)c2csc(-c3ccc(Br)s3)n2)C1. The molecule has 0 spiro atoms. The van der Waals surface area contributed by atoms with Gasteiger partial charge in [-0.2, -0.15) is 0 Å². The lowest BCUT2D eigenvalue weighted by Gasteiger charge is -2.13. The van der Waals surface area contributed by atoms with Crippen LogP contribution in [0.15, 0.2) is 21.3 Å². The molecule has 1 atom stereocenters. The minimum Gasteiger partial charge on any atom is -0.336 e. The molecule has 19 heavy (non-hydrogen) atoms. The van der Waals surface area contributed by atoms with Crippen LogP contribution in [0.25, 0.3) is 9.88 Å². The molecule has 4 nitrogen and oxygen atoms in total. The molecule has 0 aromatic carbocycles. The Morgan fingerprint density at radius 2 is 2.37 bits per heavy atom. The zero-order valence-corrected chi connectivity index (χ0v) is 13.2. The van der Waals surface area contributed by atoms with E-state index in [0.717, 1.165) is 26.6 Å². The van der Waals surface area contributed by atoms with E-state index < -0.39 is 0 Å². The van der Waals surface area contributed by atoms with Crippen LogP contribution < -0.4 is 5.73 Å². The van der Waals surface area contributed by atoms with Crippen molar-refractivity contribution in [1.29, 1.82) is 0 Å². The number of carbonyl (C=O) groups is 1. The van der Waals surface area contributed by atoms with Gasteiger partial charge in [0.05, 0.1) is 8.66 Å². The average molecular weight is 358 g/mol. The molecule has 0 aliphatic carbocycles. The monoisotopic (exact) mass is 357 g/mol. The van der Waals surface area contributed by atoms with Crippen LogP contribution in [0.5, 0.6) is 0 Å². The van der Waals surface area contributed by atoms with Gasteiger partial charge in [0.25, 0.3) is 5.91 Å². The topological polar surface area (TPSA) is 59.2 Å². The van der Waals surface area contributed by atoms with E-state index in [-0.39, 0.29) is 11.9 Å². The molecular weight excluding hydrogens is 346 g/mol. The predicted molar refractivity (Wildman–Crippen MR) is 81.6 cm³/mol. The maximum atomic E-state index is 12.3. The fourth-order valence-electron chi connectivity index (χ4n) is 2.05. The summed E-state index contributed by atoms with van der Waals surface area (Å²) in [5.74, 6) is -0.00827. The molecule has 0 radical (unpaired) electrons. The van der Waals surface area contributed by atoms with Crippen molar-refractivity contribution in [1.82, 2.24) is 9.88 Å². The summed E-state index contributed by atoms with van der Waals surface area (Å²) in [5, 5.41) is 2.72. The van der Waals surface area contributed by atoms with E-state index in [1.54, 1.807) is 16.2 Å². The van der Waals surface area contributed by atoms with Gasteiger partial charge in [-0.25, -0.2) is 4.98 Å². The summed E-state index contributed by atoms with van der Waals surface area (Å²) >= 11 is 6.55. The lowest BCUT2D eigenvalue weighted by Crippen LogP contribution is -2.32. The summed E-state index contributed by atoms with van der Waals surface area (Å²) in [6.45, 7) is 1.37. The van der Waals surface area contributed by atoms with Crippen molar-refractivity contribution in [3.8, 4) is 9.88 Å². The highest BCUT2D eigenvalue weighted by atomic mass is 79.9. The number of rotatable bonds is 2. The zero-order valence-electron chi connectivity index (χ0n) is 10.0. The number of likely N-dealkylation sites (tertiary alicyclic amines) is 1. The quantitative estimate of drug-likeness (QED) is 0.898. The van der Waals surface area contributed by atoms with E-state index in [2.05, 4.69) is 20.9 Å². The number of thiazole rings is 1. The van der Waals surface area contributed by atoms with Gasteiger partial charge in [0.15, 0.2) is 0 Å². The van der Waals surface area contributed by atoms with Gasteiger partial charge in [-0.1, -0.05) is 0 Å². The molecule has 100 valence electrons. The van der Waals surface area contributed by atoms with Gasteiger partial charge in [0.2, 0.25) is 0 Å². The lowest BCUT2D eigenvalue weighted by atomic mass is 10.3. The highest BCUT2D eigenvalue weighted by Gasteiger charge is 2.26. The summed E-state index contributed by atoms with van der Waals surface area (Å²) in [6, 6.07) is 4.10. The normalized spacial score (nSPS) is 19.1. The summed E-state index contributed by atoms with van der Waals surface area (Å²) in [5.41, 5.74) is 6.35. The highest BCUT2D eigenvalue weighted by Crippen LogP contribution is 2.33. The molecule has 3 heterocycles. The molecule has 3 rings (SSSR count). The molecule has 1 fully saturated rings. The molecule has 2 aromatic heterocycles. The Kier molecular flexibility index (Phi) is 3.70. The number of halogens is 1. The smallest absolute Gasteiger partial charge is 0.273 e. The second-order valence-electron chi connectivity index (χ2n) is 4.44. The molecule has 0 bridgehead atoms. The van der Waals surface area contributed by atoms with Crippen molar-refractivity contribution in [2.75, 3.05) is 13.1 Å². The molecule has 7 heteroatoms. The standard InChI is InChI=1S/C12H12BrN3OS2/c13-10-2-1-9(19-10)11-15-8(6-18-11)12(17)16-4-3-7(14)5-16/h1-2,6-7H,3-5,14H2/t7-/m1/s1. The number of nitrogens with two attached hydrogens (primary N) is 1. The molecular formula is C12H12BrN3OS2. The lowest BCUT2D eigenvalue weighted by molar-refractivity contribution is 0.0786. The van der Waals surface area contributed by atoms with E-state index in [1.165, 1.54) is 11.3 Å². The maximum absolute atomic E-state index is 12.3. The second-order valence-corrected chi connectivity index (χ2v) is 7.76. The van der Waals surface area contributed by atoms with Crippen molar-refractivity contribution in [3.63, 3.8) is 0 Å². The van der Waals surface area contributed by atoms with Gasteiger partial charge < -0.3 is 10.6 Å². The maximum Gasteiger partial charge on any atom is 0.273 e. The fraction of sp³-hybridized carbons (Fsp3) is 0.333. The molecule has 2 N–H and O–H groups in total. The van der Waals surface area contributed by atoms with Gasteiger partial charge in [0.1, 0.15) is 10.7 Å². The summed E-state index contributed by atoms with van der Waals surface area (Å²) in [4.78, 5) is 19.6. The third-order valence-corrected chi connectivity index (χ3v) is 5.65. The van der Waals surface area contributed by atoms with Crippen LogP contribution in [0.4, 0.5) is 0 Å². The van der Waals surface area contributed by atoms with Crippen molar-refractivity contribution >= 4 is 44.5 Å². The molecule has 0 saturated carbocycles. The van der Waals surface area contributed by atoms with Crippen LogP contribution in [-0.4, -0.2) is 34.9 Å². The largest absolute Gasteiger partial charge is 0.336 e. The number of thiophene rings is 1. The van der Waals surface area contributed by atoms with Crippen LogP contribution in [0, 0.1) is 0 Å². The van der Waals surface area contributed by atoms with Gasteiger partial charge in [-0.15, -0.1) is 22.7 Å². The van der Waals surface area contributed by atoms with Gasteiger partial charge in [-0.05, 0) is 34.5 Å². The summed E-state index contributed by atoms with van der Waals surface area (Å²) < 4.78 is 1.07. The number of hydrogen-bond donors (Lipinski definition) is 1. The highest BCUT2D eigenvalue weighted by molar-refractivity contribution is 9.11. The predicted octanol–water partition coefficient (Wildman–Crippen LogP) is 2.81. The van der Waals surface area contributed by atoms with Gasteiger partial charge in [-0.3, -0.25) is 4.79 Å². The fourth-order valence-corrected chi connectivity index (χ4v) is 4.30. The third-order valence-electron chi connectivity index (χ3n) is 3.02. The summed E-state index contributed by atoms with van der Waals surface area (Å²) in [7, 11) is 0. The molecule has 1 amide bonds. The van der Waals surface area contributed by atoms with E-state index in [1.807, 2.05) is 17.5 Å².